The van der Waals surface area contributed by atoms with Gasteiger partial charge in [0, 0.05) is 38.2 Å². The summed E-state index contributed by atoms with van der Waals surface area (Å²) in [6.45, 7) is 14.5. The molecule has 6 aromatic carbocycles. The van der Waals surface area contributed by atoms with E-state index in [9.17, 15) is 0 Å². The Kier molecular flexibility index (Phi) is 5.62. The molecular formula is C47H42N2. The Morgan fingerprint density at radius 3 is 1.84 bits per heavy atom. The molecule has 2 nitrogen and oxygen atoms in total. The van der Waals surface area contributed by atoms with Crippen molar-refractivity contribution in [3.8, 4) is 22.5 Å². The van der Waals surface area contributed by atoms with Gasteiger partial charge in [-0.1, -0.05) is 114 Å². The topological polar surface area (TPSA) is 9.86 Å². The van der Waals surface area contributed by atoms with Crippen LogP contribution in [0.25, 0.3) is 66.1 Å². The summed E-state index contributed by atoms with van der Waals surface area (Å²) in [5.41, 5.74) is 16.2. The first-order chi connectivity index (χ1) is 23.6. The van der Waals surface area contributed by atoms with Gasteiger partial charge in [-0.05, 0) is 100 Å². The standard InChI is InChI=1S/C47H42N2/c1-45(2)25-26-46(3,4)36-28-41-32(27-35(36)45)44-39(48(41)29-15-8-7-9-16-29)23-24-40-43(44)31-18-11-13-21-37(31)49(40)38-22-14-20-34-42(38)30-17-10-12-19-33(30)47(34,5)6/h7-24,27-28H,25-26H2,1-6H3. The lowest BCUT2D eigenvalue weighted by Gasteiger charge is -2.42. The van der Waals surface area contributed by atoms with E-state index in [0.717, 1.165) is 0 Å². The summed E-state index contributed by atoms with van der Waals surface area (Å²) < 4.78 is 5.07. The number of para-hydroxylation sites is 2. The second-order valence-corrected chi connectivity index (χ2v) is 16.4. The summed E-state index contributed by atoms with van der Waals surface area (Å²) >= 11 is 0. The van der Waals surface area contributed by atoms with Crippen molar-refractivity contribution >= 4 is 43.6 Å². The maximum absolute atomic E-state index is 2.58. The molecule has 8 aromatic rings. The van der Waals surface area contributed by atoms with E-state index in [-0.39, 0.29) is 16.2 Å². The normalized spacial score (nSPS) is 17.1. The van der Waals surface area contributed by atoms with Crippen LogP contribution < -0.4 is 0 Å². The number of rotatable bonds is 2. The van der Waals surface area contributed by atoms with E-state index in [1.807, 2.05) is 0 Å². The molecule has 0 fully saturated rings. The molecule has 0 saturated carbocycles. The van der Waals surface area contributed by atoms with E-state index in [2.05, 4.69) is 172 Å². The fraction of sp³-hybridized carbons (Fsp3) is 0.234. The SMILES string of the molecule is CC1(C)CCC(C)(C)c2cc3c(cc21)c1c2c4ccccc4n(-c4cccc5c4-c4ccccc4C5(C)C)c2ccc1n3-c1ccccc1. The Hall–Kier alpha value is -5.08. The summed E-state index contributed by atoms with van der Waals surface area (Å²) in [7, 11) is 0. The van der Waals surface area contributed by atoms with Gasteiger partial charge in [0.1, 0.15) is 0 Å². The third-order valence-corrected chi connectivity index (χ3v) is 12.4. The average molecular weight is 635 g/mol. The number of hydrogen-bond acceptors (Lipinski definition) is 0. The van der Waals surface area contributed by atoms with Gasteiger partial charge in [0.25, 0.3) is 0 Å². The van der Waals surface area contributed by atoms with Gasteiger partial charge < -0.3 is 9.13 Å². The van der Waals surface area contributed by atoms with Crippen LogP contribution >= 0.6 is 0 Å². The molecule has 2 aliphatic carbocycles. The van der Waals surface area contributed by atoms with Crippen molar-refractivity contribution in [1.82, 2.24) is 9.13 Å². The quantitative estimate of drug-likeness (QED) is 0.179. The third kappa shape index (κ3) is 3.72. The molecule has 2 heteroatoms. The molecule has 10 rings (SSSR count). The van der Waals surface area contributed by atoms with E-state index in [1.165, 1.54) is 101 Å². The molecule has 240 valence electrons. The molecule has 49 heavy (non-hydrogen) atoms. The monoisotopic (exact) mass is 634 g/mol. The highest BCUT2D eigenvalue weighted by molar-refractivity contribution is 6.29. The van der Waals surface area contributed by atoms with Crippen molar-refractivity contribution < 1.29 is 0 Å². The molecular weight excluding hydrogens is 593 g/mol. The summed E-state index contributed by atoms with van der Waals surface area (Å²) in [6.07, 6.45) is 2.39. The largest absolute Gasteiger partial charge is 0.309 e. The highest BCUT2D eigenvalue weighted by Crippen LogP contribution is 2.53. The molecule has 0 atom stereocenters. The highest BCUT2D eigenvalue weighted by atomic mass is 15.0. The lowest BCUT2D eigenvalue weighted by Crippen LogP contribution is -2.33. The van der Waals surface area contributed by atoms with Gasteiger partial charge in [0.05, 0.1) is 27.8 Å². The van der Waals surface area contributed by atoms with Crippen molar-refractivity contribution in [1.29, 1.82) is 0 Å². The third-order valence-electron chi connectivity index (χ3n) is 12.4. The number of benzene rings is 6. The van der Waals surface area contributed by atoms with Crippen molar-refractivity contribution in [2.45, 2.75) is 70.6 Å². The van der Waals surface area contributed by atoms with Gasteiger partial charge in [-0.15, -0.1) is 0 Å². The van der Waals surface area contributed by atoms with Crippen LogP contribution in [0.1, 0.15) is 76.6 Å². The lowest BCUT2D eigenvalue weighted by molar-refractivity contribution is 0.332. The number of aromatic nitrogens is 2. The van der Waals surface area contributed by atoms with Gasteiger partial charge in [-0.25, -0.2) is 0 Å². The van der Waals surface area contributed by atoms with Crippen LogP contribution in [0.3, 0.4) is 0 Å². The van der Waals surface area contributed by atoms with Crippen LogP contribution in [0.4, 0.5) is 0 Å². The molecule has 0 N–H and O–H groups in total. The number of fused-ring (bicyclic) bond motifs is 11. The predicted molar refractivity (Wildman–Crippen MR) is 208 cm³/mol. The fourth-order valence-electron chi connectivity index (χ4n) is 9.66. The first-order valence-corrected chi connectivity index (χ1v) is 17.9. The van der Waals surface area contributed by atoms with Crippen LogP contribution in [0.15, 0.2) is 121 Å². The van der Waals surface area contributed by atoms with Crippen LogP contribution in [0, 0.1) is 0 Å². The molecule has 0 spiro atoms. The molecule has 0 amide bonds. The van der Waals surface area contributed by atoms with Gasteiger partial charge in [-0.3, -0.25) is 0 Å². The summed E-state index contributed by atoms with van der Waals surface area (Å²) in [5.74, 6) is 0. The molecule has 0 aliphatic heterocycles. The van der Waals surface area contributed by atoms with Crippen LogP contribution in [0.5, 0.6) is 0 Å². The molecule has 2 heterocycles. The van der Waals surface area contributed by atoms with E-state index in [0.29, 0.717) is 0 Å². The number of nitrogens with zero attached hydrogens (tertiary/aromatic N) is 2. The molecule has 0 saturated heterocycles. The molecule has 2 aliphatic rings. The summed E-state index contributed by atoms with van der Waals surface area (Å²) in [4.78, 5) is 0. The first kappa shape index (κ1) is 28.9. The smallest absolute Gasteiger partial charge is 0.0549 e. The second kappa shape index (κ2) is 9.54. The van der Waals surface area contributed by atoms with Crippen LogP contribution in [-0.4, -0.2) is 9.13 Å². The molecule has 0 radical (unpaired) electrons. The van der Waals surface area contributed by atoms with Crippen molar-refractivity contribution in [3.63, 3.8) is 0 Å². The highest BCUT2D eigenvalue weighted by Gasteiger charge is 2.39. The maximum Gasteiger partial charge on any atom is 0.0549 e. The van der Waals surface area contributed by atoms with Gasteiger partial charge in [0.2, 0.25) is 0 Å². The van der Waals surface area contributed by atoms with Crippen molar-refractivity contribution in [3.05, 3.63) is 144 Å². The summed E-state index contributed by atoms with van der Waals surface area (Å²) in [6, 6.07) is 45.9. The van der Waals surface area contributed by atoms with Gasteiger partial charge in [-0.2, -0.15) is 0 Å². The molecule has 0 bridgehead atoms. The molecule has 2 aromatic heterocycles. The van der Waals surface area contributed by atoms with E-state index < -0.39 is 0 Å². The van der Waals surface area contributed by atoms with Crippen molar-refractivity contribution in [2.24, 2.45) is 0 Å². The van der Waals surface area contributed by atoms with E-state index in [1.54, 1.807) is 0 Å². The Morgan fingerprint density at radius 1 is 0.449 bits per heavy atom. The minimum atomic E-state index is -0.0588. The van der Waals surface area contributed by atoms with E-state index >= 15 is 0 Å². The Balaban J connectivity index is 1.39. The van der Waals surface area contributed by atoms with Crippen LogP contribution in [-0.2, 0) is 16.2 Å². The Labute approximate surface area is 288 Å². The zero-order chi connectivity index (χ0) is 33.4. The Bertz CT molecular complexity index is 2680. The number of hydrogen-bond donors (Lipinski definition) is 0. The van der Waals surface area contributed by atoms with Gasteiger partial charge in [0.15, 0.2) is 0 Å². The zero-order valence-corrected chi connectivity index (χ0v) is 29.4. The predicted octanol–water partition coefficient (Wildman–Crippen LogP) is 12.5. The van der Waals surface area contributed by atoms with Crippen molar-refractivity contribution in [2.75, 3.05) is 0 Å². The second-order valence-electron chi connectivity index (χ2n) is 16.4. The minimum absolute atomic E-state index is 0.0588. The average Bonchev–Trinajstić information content (AvgIpc) is 3.70. The maximum atomic E-state index is 2.58. The Morgan fingerprint density at radius 2 is 1.06 bits per heavy atom. The zero-order valence-electron chi connectivity index (χ0n) is 29.4. The molecule has 0 unspecified atom stereocenters. The first-order valence-electron chi connectivity index (χ1n) is 17.9. The summed E-state index contributed by atoms with van der Waals surface area (Å²) in [5, 5.41) is 5.34. The fourth-order valence-corrected chi connectivity index (χ4v) is 9.66. The minimum Gasteiger partial charge on any atom is -0.309 e. The van der Waals surface area contributed by atoms with Crippen LogP contribution in [0.2, 0.25) is 0 Å². The van der Waals surface area contributed by atoms with Gasteiger partial charge >= 0.3 is 0 Å². The van der Waals surface area contributed by atoms with E-state index in [4.69, 9.17) is 0 Å². The lowest BCUT2D eigenvalue weighted by atomic mass is 9.63.